The van der Waals surface area contributed by atoms with Crippen LogP contribution in [-0.4, -0.2) is 11.6 Å². The number of nitrogens with zero attached hydrogens (tertiary/aromatic N) is 1. The van der Waals surface area contributed by atoms with E-state index >= 15 is 0 Å². The fraction of sp³-hybridized carbons (Fsp3) is 0.312. The summed E-state index contributed by atoms with van der Waals surface area (Å²) in [6, 6.07) is 10.5. The molecule has 0 unspecified atom stereocenters. The molecule has 1 aromatic carbocycles. The molecule has 1 aromatic heterocycles. The summed E-state index contributed by atoms with van der Waals surface area (Å²) in [4.78, 5) is 4.01. The average Bonchev–Trinajstić information content (AvgIpc) is 2.81. The Kier molecular flexibility index (Phi) is 3.47. The van der Waals surface area contributed by atoms with Crippen LogP contribution in [0.25, 0.3) is 0 Å². The molecule has 1 aliphatic rings. The third-order valence-corrected chi connectivity index (χ3v) is 3.65. The molecular formula is C16H18N2O. The molecule has 3 nitrogen and oxygen atoms in total. The maximum atomic E-state index is 6.03. The highest BCUT2D eigenvalue weighted by Crippen LogP contribution is 2.31. The molecular weight excluding hydrogens is 236 g/mol. The van der Waals surface area contributed by atoms with Crippen LogP contribution >= 0.6 is 0 Å². The topological polar surface area (TPSA) is 48.1 Å². The predicted octanol–water partition coefficient (Wildman–Crippen LogP) is 2.65. The summed E-state index contributed by atoms with van der Waals surface area (Å²) in [5.74, 6) is 0.946. The van der Waals surface area contributed by atoms with Crippen molar-refractivity contribution in [2.24, 2.45) is 5.73 Å². The van der Waals surface area contributed by atoms with Gasteiger partial charge in [0.15, 0.2) is 0 Å². The van der Waals surface area contributed by atoms with E-state index in [-0.39, 0.29) is 6.04 Å². The molecule has 2 aromatic rings. The first kappa shape index (κ1) is 12.2. The van der Waals surface area contributed by atoms with E-state index in [4.69, 9.17) is 10.5 Å². The minimum atomic E-state index is 0.209. The van der Waals surface area contributed by atoms with Crippen molar-refractivity contribution >= 4 is 0 Å². The number of fused-ring (bicyclic) bond motifs is 1. The highest BCUT2D eigenvalue weighted by molar-refractivity contribution is 5.40. The van der Waals surface area contributed by atoms with Gasteiger partial charge in [-0.2, -0.15) is 0 Å². The molecule has 1 atom stereocenters. The molecule has 3 rings (SSSR count). The van der Waals surface area contributed by atoms with Gasteiger partial charge < -0.3 is 10.5 Å². The zero-order valence-corrected chi connectivity index (χ0v) is 10.9. The van der Waals surface area contributed by atoms with Gasteiger partial charge in [-0.1, -0.05) is 6.07 Å². The largest absolute Gasteiger partial charge is 0.493 e. The van der Waals surface area contributed by atoms with Crippen LogP contribution in [0, 0.1) is 0 Å². The van der Waals surface area contributed by atoms with Gasteiger partial charge in [0.2, 0.25) is 0 Å². The number of rotatable bonds is 4. The smallest absolute Gasteiger partial charge is 0.119 e. The van der Waals surface area contributed by atoms with Crippen LogP contribution in [0.5, 0.6) is 5.75 Å². The SMILES string of the molecule is N[C@H]1CCc2cc(OCCc3ccncc3)ccc21. The minimum absolute atomic E-state index is 0.209. The maximum Gasteiger partial charge on any atom is 0.119 e. The third-order valence-electron chi connectivity index (χ3n) is 3.65. The molecule has 0 radical (unpaired) electrons. The first-order valence-corrected chi connectivity index (χ1v) is 6.73. The van der Waals surface area contributed by atoms with E-state index < -0.39 is 0 Å². The minimum Gasteiger partial charge on any atom is -0.493 e. The van der Waals surface area contributed by atoms with Crippen LogP contribution in [0.4, 0.5) is 0 Å². The molecule has 0 fully saturated rings. The lowest BCUT2D eigenvalue weighted by Crippen LogP contribution is -2.05. The lowest BCUT2D eigenvalue weighted by atomic mass is 10.1. The first-order chi connectivity index (χ1) is 9.33. The van der Waals surface area contributed by atoms with E-state index in [0.717, 1.165) is 25.0 Å². The van der Waals surface area contributed by atoms with Crippen LogP contribution in [0.2, 0.25) is 0 Å². The third kappa shape index (κ3) is 2.76. The number of benzene rings is 1. The van der Waals surface area contributed by atoms with E-state index in [1.165, 1.54) is 16.7 Å². The van der Waals surface area contributed by atoms with Crippen LogP contribution < -0.4 is 10.5 Å². The van der Waals surface area contributed by atoms with Gasteiger partial charge in [-0.05, 0) is 53.8 Å². The Bertz CT molecular complexity index is 554. The highest BCUT2D eigenvalue weighted by Gasteiger charge is 2.18. The molecule has 1 aliphatic carbocycles. The maximum absolute atomic E-state index is 6.03. The van der Waals surface area contributed by atoms with Gasteiger partial charge in [-0.25, -0.2) is 0 Å². The molecule has 0 aliphatic heterocycles. The van der Waals surface area contributed by atoms with Crippen molar-refractivity contribution in [2.45, 2.75) is 25.3 Å². The van der Waals surface area contributed by atoms with Crippen molar-refractivity contribution in [1.29, 1.82) is 0 Å². The lowest BCUT2D eigenvalue weighted by molar-refractivity contribution is 0.321. The molecule has 0 bridgehead atoms. The van der Waals surface area contributed by atoms with Gasteiger partial charge in [0.25, 0.3) is 0 Å². The molecule has 0 saturated heterocycles. The fourth-order valence-corrected chi connectivity index (χ4v) is 2.55. The lowest BCUT2D eigenvalue weighted by Gasteiger charge is -2.09. The standard InChI is InChI=1S/C16H18N2O/c17-16-4-1-13-11-14(2-3-15(13)16)19-10-7-12-5-8-18-9-6-12/h2-3,5-6,8-9,11,16H,1,4,7,10,17H2/t16-/m0/s1. The number of aryl methyl sites for hydroxylation is 1. The van der Waals surface area contributed by atoms with E-state index in [1.54, 1.807) is 0 Å². The zero-order chi connectivity index (χ0) is 13.1. The summed E-state index contributed by atoms with van der Waals surface area (Å²) >= 11 is 0. The number of pyridine rings is 1. The van der Waals surface area contributed by atoms with E-state index in [1.807, 2.05) is 30.6 Å². The van der Waals surface area contributed by atoms with Gasteiger partial charge in [0.1, 0.15) is 5.75 Å². The van der Waals surface area contributed by atoms with Crippen LogP contribution in [0.1, 0.15) is 29.2 Å². The molecule has 0 spiro atoms. The van der Waals surface area contributed by atoms with Crippen LogP contribution in [-0.2, 0) is 12.8 Å². The summed E-state index contributed by atoms with van der Waals surface area (Å²) in [7, 11) is 0. The summed E-state index contributed by atoms with van der Waals surface area (Å²) in [5.41, 5.74) is 9.89. The molecule has 19 heavy (non-hydrogen) atoms. The second-order valence-corrected chi connectivity index (χ2v) is 4.96. The number of aromatic nitrogens is 1. The van der Waals surface area contributed by atoms with Gasteiger partial charge in [0.05, 0.1) is 6.61 Å². The van der Waals surface area contributed by atoms with Crippen molar-refractivity contribution < 1.29 is 4.74 Å². The summed E-state index contributed by atoms with van der Waals surface area (Å²) in [5, 5.41) is 0. The van der Waals surface area contributed by atoms with Crippen LogP contribution in [0.15, 0.2) is 42.7 Å². The molecule has 3 heteroatoms. The summed E-state index contributed by atoms with van der Waals surface area (Å²) < 4.78 is 5.81. The number of hydrogen-bond donors (Lipinski definition) is 1. The Morgan fingerprint density at radius 3 is 2.89 bits per heavy atom. The monoisotopic (exact) mass is 254 g/mol. The van der Waals surface area contributed by atoms with Gasteiger partial charge in [-0.3, -0.25) is 4.98 Å². The predicted molar refractivity (Wildman–Crippen MR) is 75.1 cm³/mol. The molecule has 0 saturated carbocycles. The molecule has 1 heterocycles. The number of hydrogen-bond acceptors (Lipinski definition) is 3. The first-order valence-electron chi connectivity index (χ1n) is 6.73. The number of nitrogens with two attached hydrogens (primary N) is 1. The van der Waals surface area contributed by atoms with E-state index in [0.29, 0.717) is 6.61 Å². The van der Waals surface area contributed by atoms with Crippen molar-refractivity contribution in [3.63, 3.8) is 0 Å². The van der Waals surface area contributed by atoms with Crippen LogP contribution in [0.3, 0.4) is 0 Å². The van der Waals surface area contributed by atoms with Crippen molar-refractivity contribution in [3.05, 3.63) is 59.4 Å². The molecule has 2 N–H and O–H groups in total. The Morgan fingerprint density at radius 1 is 1.21 bits per heavy atom. The highest BCUT2D eigenvalue weighted by atomic mass is 16.5. The summed E-state index contributed by atoms with van der Waals surface area (Å²) in [6.45, 7) is 0.689. The quantitative estimate of drug-likeness (QED) is 0.912. The van der Waals surface area contributed by atoms with E-state index in [9.17, 15) is 0 Å². The Labute approximate surface area is 113 Å². The van der Waals surface area contributed by atoms with E-state index in [2.05, 4.69) is 17.1 Å². The Hall–Kier alpha value is -1.87. The Morgan fingerprint density at radius 2 is 2.05 bits per heavy atom. The molecule has 0 amide bonds. The van der Waals surface area contributed by atoms with Gasteiger partial charge in [-0.15, -0.1) is 0 Å². The Balaban J connectivity index is 1.59. The zero-order valence-electron chi connectivity index (χ0n) is 10.9. The average molecular weight is 254 g/mol. The van der Waals surface area contributed by atoms with Crippen molar-refractivity contribution in [3.8, 4) is 5.75 Å². The second kappa shape index (κ2) is 5.41. The fourth-order valence-electron chi connectivity index (χ4n) is 2.55. The molecule has 98 valence electrons. The van der Waals surface area contributed by atoms with Gasteiger partial charge >= 0.3 is 0 Å². The number of ether oxygens (including phenoxy) is 1. The van der Waals surface area contributed by atoms with Gasteiger partial charge in [0, 0.05) is 24.9 Å². The normalized spacial score (nSPS) is 17.2. The van der Waals surface area contributed by atoms with Crippen molar-refractivity contribution in [1.82, 2.24) is 4.98 Å². The van der Waals surface area contributed by atoms with Crippen molar-refractivity contribution in [2.75, 3.05) is 6.61 Å². The second-order valence-electron chi connectivity index (χ2n) is 4.96. The summed E-state index contributed by atoms with van der Waals surface area (Å²) in [6.07, 6.45) is 6.64.